The van der Waals surface area contributed by atoms with E-state index in [1.807, 2.05) is 0 Å². The van der Waals surface area contributed by atoms with Gasteiger partial charge in [-0.05, 0) is 138 Å². The maximum atomic E-state index is 2.47. The summed E-state index contributed by atoms with van der Waals surface area (Å²) in [5, 5.41) is 11.1. The Morgan fingerprint density at radius 2 is 0.612 bits per heavy atom. The van der Waals surface area contributed by atoms with Crippen molar-refractivity contribution >= 4 is 43.1 Å². The molecule has 8 aromatic carbocycles. The van der Waals surface area contributed by atoms with E-state index in [9.17, 15) is 0 Å². The minimum Gasteiger partial charge on any atom is -0.0616 e. The molecule has 0 heteroatoms. The fraction of sp³-hybridized carbons (Fsp3) is 0.184. The Hall–Kier alpha value is -5.20. The van der Waals surface area contributed by atoms with Crippen LogP contribution in [0.1, 0.15) is 66.2 Å². The summed E-state index contributed by atoms with van der Waals surface area (Å²) >= 11 is 0. The predicted octanol–water partition coefficient (Wildman–Crippen LogP) is 13.6. The van der Waals surface area contributed by atoms with Crippen LogP contribution in [0.5, 0.6) is 0 Å². The molecule has 0 heterocycles. The van der Waals surface area contributed by atoms with Crippen LogP contribution in [0.15, 0.2) is 146 Å². The lowest BCUT2D eigenvalue weighted by Gasteiger charge is -2.39. The molecule has 1 fully saturated rings. The van der Waals surface area contributed by atoms with Crippen molar-refractivity contribution in [2.75, 3.05) is 0 Å². The van der Waals surface area contributed by atoms with Gasteiger partial charge in [-0.15, -0.1) is 0 Å². The Bertz CT molecular complexity index is 2370. The molecule has 3 aliphatic carbocycles. The number of rotatable bonds is 0. The van der Waals surface area contributed by atoms with Gasteiger partial charge in [0.25, 0.3) is 0 Å². The molecule has 0 nitrogen and oxygen atoms in total. The molecule has 2 atom stereocenters. The summed E-state index contributed by atoms with van der Waals surface area (Å²) in [4.78, 5) is 0. The summed E-state index contributed by atoms with van der Waals surface area (Å²) in [7, 11) is 0. The van der Waals surface area contributed by atoms with Crippen molar-refractivity contribution in [3.05, 3.63) is 168 Å². The van der Waals surface area contributed by atoms with Crippen LogP contribution in [0, 0.1) is 0 Å². The molecule has 236 valence electrons. The lowest BCUT2D eigenvalue weighted by atomic mass is 9.65. The van der Waals surface area contributed by atoms with E-state index in [0.29, 0.717) is 11.8 Å². The standard InChI is InChI=1S/C49H40/c1-2-12-32-22-24-42(36-16-6-4-14-34(32)36)44-26-28-46(40-20-10-8-18-38(40)44)48-30-31-49(48)47-29-27-45(39-19-9-11-21-41(39)47)43-25-23-33(13-3-1)35-15-5-7-17-37(35)43/h4-11,14-29,48-49H,1-3,12-13,30-31H2. The highest BCUT2D eigenvalue weighted by Crippen LogP contribution is 2.53. The van der Waals surface area contributed by atoms with Crippen LogP contribution in [-0.4, -0.2) is 0 Å². The molecule has 11 rings (SSSR count). The molecule has 0 saturated heterocycles. The molecule has 1 saturated carbocycles. The first-order valence-electron chi connectivity index (χ1n) is 18.4. The summed E-state index contributed by atoms with van der Waals surface area (Å²) in [6, 6.07) is 56.0. The van der Waals surface area contributed by atoms with Crippen LogP contribution in [0.2, 0.25) is 0 Å². The summed E-state index contributed by atoms with van der Waals surface area (Å²) in [5.41, 5.74) is 11.4. The third-order valence-corrected chi connectivity index (χ3v) is 12.0. The SMILES string of the molecule is c1ccc2c3ccc(c2c1)CCCCCc1ccc(c2ccccc12)-c1ccc(c2ccccc12)C1CCC1c1ccc-3c2ccccc12. The monoisotopic (exact) mass is 628 g/mol. The number of hydrogen-bond donors (Lipinski definition) is 0. The van der Waals surface area contributed by atoms with Gasteiger partial charge in [-0.2, -0.15) is 0 Å². The van der Waals surface area contributed by atoms with Crippen LogP contribution in [-0.2, 0) is 12.8 Å². The van der Waals surface area contributed by atoms with E-state index in [1.54, 1.807) is 0 Å². The average molecular weight is 629 g/mol. The van der Waals surface area contributed by atoms with Gasteiger partial charge in [-0.3, -0.25) is 0 Å². The molecule has 2 unspecified atom stereocenters. The lowest BCUT2D eigenvalue weighted by Crippen LogP contribution is -2.22. The maximum absolute atomic E-state index is 2.47. The first-order chi connectivity index (χ1) is 24.3. The molecule has 0 aromatic heterocycles. The van der Waals surface area contributed by atoms with E-state index in [4.69, 9.17) is 0 Å². The minimum atomic E-state index is 0.508. The van der Waals surface area contributed by atoms with Crippen molar-refractivity contribution in [2.45, 2.75) is 56.8 Å². The second-order valence-electron chi connectivity index (χ2n) is 14.5. The Labute approximate surface area is 289 Å². The molecule has 49 heavy (non-hydrogen) atoms. The first kappa shape index (κ1) is 28.8. The van der Waals surface area contributed by atoms with E-state index in [-0.39, 0.29) is 0 Å². The topological polar surface area (TPSA) is 0 Å². The molecule has 3 aliphatic rings. The van der Waals surface area contributed by atoms with E-state index < -0.39 is 0 Å². The fourth-order valence-electron chi connectivity index (χ4n) is 9.44. The quantitative estimate of drug-likeness (QED) is 0.157. The van der Waals surface area contributed by atoms with Gasteiger partial charge in [0.2, 0.25) is 0 Å². The third-order valence-electron chi connectivity index (χ3n) is 12.0. The number of fused-ring (bicyclic) bond motifs is 8. The first-order valence-corrected chi connectivity index (χ1v) is 18.4. The largest absolute Gasteiger partial charge is 0.0616 e. The zero-order valence-electron chi connectivity index (χ0n) is 28.0. The van der Waals surface area contributed by atoms with E-state index >= 15 is 0 Å². The molecule has 8 bridgehead atoms. The maximum Gasteiger partial charge on any atom is -0.00865 e. The molecule has 0 spiro atoms. The Kier molecular flexibility index (Phi) is 6.90. The molecule has 0 radical (unpaired) electrons. The summed E-state index contributed by atoms with van der Waals surface area (Å²) in [5.74, 6) is 1.02. The van der Waals surface area contributed by atoms with Crippen LogP contribution in [0.25, 0.3) is 65.3 Å². The van der Waals surface area contributed by atoms with E-state index in [2.05, 4.69) is 146 Å². The van der Waals surface area contributed by atoms with Gasteiger partial charge in [0.15, 0.2) is 0 Å². The minimum absolute atomic E-state index is 0.508. The van der Waals surface area contributed by atoms with Gasteiger partial charge >= 0.3 is 0 Å². The van der Waals surface area contributed by atoms with Crippen LogP contribution < -0.4 is 0 Å². The highest BCUT2D eigenvalue weighted by molar-refractivity contribution is 6.09. The molecular formula is C49H40. The van der Waals surface area contributed by atoms with Crippen LogP contribution >= 0.6 is 0 Å². The van der Waals surface area contributed by atoms with Crippen molar-refractivity contribution in [3.8, 4) is 22.3 Å². The van der Waals surface area contributed by atoms with Crippen molar-refractivity contribution in [1.82, 2.24) is 0 Å². The highest BCUT2D eigenvalue weighted by Gasteiger charge is 2.35. The average Bonchev–Trinajstić information content (AvgIpc) is 3.14. The van der Waals surface area contributed by atoms with E-state index in [0.717, 1.165) is 12.8 Å². The molecule has 0 amide bonds. The van der Waals surface area contributed by atoms with Gasteiger partial charge in [0, 0.05) is 0 Å². The summed E-state index contributed by atoms with van der Waals surface area (Å²) < 4.78 is 0. The van der Waals surface area contributed by atoms with Gasteiger partial charge in [-0.1, -0.05) is 152 Å². The number of aryl methyl sites for hydroxylation is 2. The van der Waals surface area contributed by atoms with Gasteiger partial charge in [0.05, 0.1) is 0 Å². The second-order valence-corrected chi connectivity index (χ2v) is 14.5. The highest BCUT2D eigenvalue weighted by atomic mass is 14.4. The molecular weight excluding hydrogens is 589 g/mol. The molecule has 8 aromatic rings. The zero-order chi connectivity index (χ0) is 32.3. The predicted molar refractivity (Wildman–Crippen MR) is 210 cm³/mol. The van der Waals surface area contributed by atoms with E-state index in [1.165, 1.54) is 120 Å². The molecule has 0 aliphatic heterocycles. The van der Waals surface area contributed by atoms with Crippen LogP contribution in [0.4, 0.5) is 0 Å². The third kappa shape index (κ3) is 4.65. The second kappa shape index (κ2) is 11.7. The van der Waals surface area contributed by atoms with Gasteiger partial charge in [-0.25, -0.2) is 0 Å². The van der Waals surface area contributed by atoms with Crippen molar-refractivity contribution in [2.24, 2.45) is 0 Å². The normalized spacial score (nSPS) is 17.6. The molecule has 0 N–H and O–H groups in total. The summed E-state index contributed by atoms with van der Waals surface area (Å²) in [6.07, 6.45) is 8.34. The zero-order valence-corrected chi connectivity index (χ0v) is 28.0. The Balaban J connectivity index is 1.19. The van der Waals surface area contributed by atoms with Gasteiger partial charge in [0.1, 0.15) is 0 Å². The lowest BCUT2D eigenvalue weighted by molar-refractivity contribution is 0.350. The number of benzene rings is 8. The van der Waals surface area contributed by atoms with Crippen molar-refractivity contribution < 1.29 is 0 Å². The van der Waals surface area contributed by atoms with Crippen molar-refractivity contribution in [1.29, 1.82) is 0 Å². The fourth-order valence-corrected chi connectivity index (χ4v) is 9.44. The van der Waals surface area contributed by atoms with Crippen LogP contribution in [0.3, 0.4) is 0 Å². The summed E-state index contributed by atoms with van der Waals surface area (Å²) in [6.45, 7) is 0. The van der Waals surface area contributed by atoms with Crippen molar-refractivity contribution in [3.63, 3.8) is 0 Å². The Morgan fingerprint density at radius 3 is 1.00 bits per heavy atom. The Morgan fingerprint density at radius 1 is 0.286 bits per heavy atom. The van der Waals surface area contributed by atoms with Gasteiger partial charge < -0.3 is 0 Å². The smallest absolute Gasteiger partial charge is 0.00865 e. The number of hydrogen-bond acceptors (Lipinski definition) is 0.